The maximum Gasteiger partial charge on any atom is 0.137 e. The Labute approximate surface area is 128 Å². The molecule has 2 nitrogen and oxygen atoms in total. The molecule has 0 saturated carbocycles. The van der Waals surface area contributed by atoms with Crippen molar-refractivity contribution in [3.8, 4) is 0 Å². The average Bonchev–Trinajstić information content (AvgIpc) is 2.94. The fourth-order valence-corrected chi connectivity index (χ4v) is 3.79. The van der Waals surface area contributed by atoms with Gasteiger partial charge in [-0.1, -0.05) is 0 Å². The maximum atomic E-state index is 13.3. The number of fused-ring (bicyclic) bond motifs is 1. The fraction of sp³-hybridized carbons (Fsp3) is 0.200. The lowest BCUT2D eigenvalue weighted by molar-refractivity contribution is 0.152. The molecule has 0 radical (unpaired) electrons. The van der Waals surface area contributed by atoms with Crippen LogP contribution in [0.5, 0.6) is 0 Å². The third-order valence-electron chi connectivity index (χ3n) is 3.26. The average molecular weight is 355 g/mol. The van der Waals surface area contributed by atoms with Crippen molar-refractivity contribution in [2.45, 2.75) is 19.4 Å². The van der Waals surface area contributed by atoms with Gasteiger partial charge in [-0.2, -0.15) is 0 Å². The molecule has 3 aromatic rings. The van der Waals surface area contributed by atoms with Crippen LogP contribution in [0.15, 0.2) is 38.5 Å². The predicted molar refractivity (Wildman–Crippen MR) is 81.6 cm³/mol. The maximum absolute atomic E-state index is 13.3. The molecule has 2 aromatic heterocycles. The number of furan rings is 1. The zero-order valence-corrected chi connectivity index (χ0v) is 13.1. The molecule has 0 saturated heterocycles. The molecule has 104 valence electrons. The predicted octanol–water partition coefficient (Wildman–Crippen LogP) is 4.98. The van der Waals surface area contributed by atoms with Crippen molar-refractivity contribution < 1.29 is 13.9 Å². The van der Waals surface area contributed by atoms with Crippen LogP contribution in [-0.4, -0.2) is 5.11 Å². The van der Waals surface area contributed by atoms with Crippen LogP contribution in [0.2, 0.25) is 0 Å². The molecule has 0 fully saturated rings. The standard InChI is InChI=1S/C15H12BrFO2S/c1-8-11-6-9(17)2-4-13(11)19-15(8)12(18)7-10-3-5-14(16)20-10/h2-6,12,18H,7H2,1H3. The van der Waals surface area contributed by atoms with Crippen molar-refractivity contribution in [3.63, 3.8) is 0 Å². The van der Waals surface area contributed by atoms with E-state index in [1.165, 1.54) is 12.1 Å². The van der Waals surface area contributed by atoms with Crippen molar-refractivity contribution in [1.82, 2.24) is 0 Å². The van der Waals surface area contributed by atoms with Crippen LogP contribution in [0.3, 0.4) is 0 Å². The normalized spacial score (nSPS) is 13.0. The Morgan fingerprint density at radius 1 is 1.35 bits per heavy atom. The van der Waals surface area contributed by atoms with E-state index in [4.69, 9.17) is 4.42 Å². The summed E-state index contributed by atoms with van der Waals surface area (Å²) in [6.45, 7) is 1.84. The Kier molecular flexibility index (Phi) is 3.67. The topological polar surface area (TPSA) is 33.4 Å². The number of aliphatic hydroxyl groups excluding tert-OH is 1. The van der Waals surface area contributed by atoms with Crippen molar-refractivity contribution in [3.05, 3.63) is 56.1 Å². The van der Waals surface area contributed by atoms with Crippen LogP contribution >= 0.6 is 27.3 Å². The molecule has 0 bridgehead atoms. The van der Waals surface area contributed by atoms with Gasteiger partial charge < -0.3 is 9.52 Å². The molecule has 0 aliphatic rings. The van der Waals surface area contributed by atoms with E-state index in [2.05, 4.69) is 15.9 Å². The molecular weight excluding hydrogens is 343 g/mol. The molecule has 3 rings (SSSR count). The molecule has 2 heterocycles. The SMILES string of the molecule is Cc1c(C(O)Cc2ccc(Br)s2)oc2ccc(F)cc12. The first kappa shape index (κ1) is 13.8. The minimum atomic E-state index is -0.726. The Bertz CT molecular complexity index is 762. The summed E-state index contributed by atoms with van der Waals surface area (Å²) in [5.74, 6) is 0.208. The van der Waals surface area contributed by atoms with Crippen molar-refractivity contribution >= 4 is 38.2 Å². The Morgan fingerprint density at radius 2 is 2.15 bits per heavy atom. The Balaban J connectivity index is 1.95. The van der Waals surface area contributed by atoms with Gasteiger partial charge in [0.25, 0.3) is 0 Å². The summed E-state index contributed by atoms with van der Waals surface area (Å²) in [6, 6.07) is 8.31. The second kappa shape index (κ2) is 5.31. The number of rotatable bonds is 3. The van der Waals surface area contributed by atoms with Crippen LogP contribution in [0.4, 0.5) is 4.39 Å². The van der Waals surface area contributed by atoms with E-state index in [0.29, 0.717) is 23.2 Å². The molecule has 1 aromatic carbocycles. The lowest BCUT2D eigenvalue weighted by atomic mass is 10.1. The molecule has 1 unspecified atom stereocenters. The number of hydrogen-bond donors (Lipinski definition) is 1. The summed E-state index contributed by atoms with van der Waals surface area (Å²) in [4.78, 5) is 1.07. The smallest absolute Gasteiger partial charge is 0.137 e. The van der Waals surface area contributed by atoms with Crippen molar-refractivity contribution in [2.75, 3.05) is 0 Å². The number of halogens is 2. The minimum Gasteiger partial charge on any atom is -0.458 e. The monoisotopic (exact) mass is 354 g/mol. The van der Waals surface area contributed by atoms with Gasteiger partial charge in [-0.25, -0.2) is 4.39 Å². The minimum absolute atomic E-state index is 0.301. The summed E-state index contributed by atoms with van der Waals surface area (Å²) in [5.41, 5.74) is 1.40. The first-order chi connectivity index (χ1) is 9.54. The zero-order valence-electron chi connectivity index (χ0n) is 10.7. The molecule has 0 aliphatic heterocycles. The van der Waals surface area contributed by atoms with Crippen LogP contribution < -0.4 is 0 Å². The summed E-state index contributed by atoms with van der Waals surface area (Å²) >= 11 is 4.98. The number of thiophene rings is 1. The first-order valence-corrected chi connectivity index (χ1v) is 7.76. The molecule has 1 atom stereocenters. The number of hydrogen-bond acceptors (Lipinski definition) is 3. The van der Waals surface area contributed by atoms with Crippen LogP contribution in [-0.2, 0) is 6.42 Å². The summed E-state index contributed by atoms with van der Waals surface area (Å²) in [7, 11) is 0. The second-order valence-electron chi connectivity index (χ2n) is 4.66. The van der Waals surface area contributed by atoms with Gasteiger partial charge in [0.1, 0.15) is 23.3 Å². The van der Waals surface area contributed by atoms with E-state index < -0.39 is 6.10 Å². The molecule has 5 heteroatoms. The lowest BCUT2D eigenvalue weighted by Gasteiger charge is -2.07. The molecule has 0 spiro atoms. The second-order valence-corrected chi connectivity index (χ2v) is 7.21. The highest BCUT2D eigenvalue weighted by atomic mass is 79.9. The zero-order chi connectivity index (χ0) is 14.3. The van der Waals surface area contributed by atoms with Crippen molar-refractivity contribution in [1.29, 1.82) is 0 Å². The molecule has 0 aliphatic carbocycles. The molecule has 0 amide bonds. The number of aliphatic hydroxyl groups is 1. The van der Waals surface area contributed by atoms with Gasteiger partial charge in [0.2, 0.25) is 0 Å². The molecule has 20 heavy (non-hydrogen) atoms. The summed E-state index contributed by atoms with van der Waals surface area (Å²) < 4.78 is 20.0. The summed E-state index contributed by atoms with van der Waals surface area (Å²) in [5, 5.41) is 11.1. The van der Waals surface area contributed by atoms with Gasteiger partial charge in [-0.15, -0.1) is 11.3 Å². The van der Waals surface area contributed by atoms with Crippen LogP contribution in [0.1, 0.15) is 22.3 Å². The van der Waals surface area contributed by atoms with Gasteiger partial charge in [-0.3, -0.25) is 0 Å². The molecular formula is C15H12BrFO2S. The van der Waals surface area contributed by atoms with Gasteiger partial charge in [0.05, 0.1) is 3.79 Å². The largest absolute Gasteiger partial charge is 0.458 e. The highest BCUT2D eigenvalue weighted by Crippen LogP contribution is 2.33. The van der Waals surface area contributed by atoms with Gasteiger partial charge >= 0.3 is 0 Å². The van der Waals surface area contributed by atoms with Gasteiger partial charge in [0.15, 0.2) is 0 Å². The van der Waals surface area contributed by atoms with Crippen LogP contribution in [0.25, 0.3) is 11.0 Å². The van der Waals surface area contributed by atoms with Crippen LogP contribution in [0, 0.1) is 12.7 Å². The Morgan fingerprint density at radius 3 is 2.85 bits per heavy atom. The van der Waals surface area contributed by atoms with E-state index in [1.54, 1.807) is 17.4 Å². The lowest BCUT2D eigenvalue weighted by Crippen LogP contribution is -2.00. The van der Waals surface area contributed by atoms with Gasteiger partial charge in [0, 0.05) is 22.2 Å². The van der Waals surface area contributed by atoms with E-state index in [1.807, 2.05) is 19.1 Å². The summed E-state index contributed by atoms with van der Waals surface area (Å²) in [6.07, 6.45) is -0.240. The fourth-order valence-electron chi connectivity index (χ4n) is 2.27. The van der Waals surface area contributed by atoms with E-state index in [-0.39, 0.29) is 5.82 Å². The number of benzene rings is 1. The van der Waals surface area contributed by atoms with E-state index >= 15 is 0 Å². The highest BCUT2D eigenvalue weighted by molar-refractivity contribution is 9.11. The van der Waals surface area contributed by atoms with Crippen molar-refractivity contribution in [2.24, 2.45) is 0 Å². The van der Waals surface area contributed by atoms with E-state index in [9.17, 15) is 9.50 Å². The quantitative estimate of drug-likeness (QED) is 0.719. The van der Waals surface area contributed by atoms with Gasteiger partial charge in [-0.05, 0) is 53.2 Å². The Hall–Kier alpha value is -1.17. The third-order valence-corrected chi connectivity index (χ3v) is 4.91. The highest BCUT2D eigenvalue weighted by Gasteiger charge is 2.19. The van der Waals surface area contributed by atoms with E-state index in [0.717, 1.165) is 14.2 Å². The molecule has 1 N–H and O–H groups in total. The first-order valence-electron chi connectivity index (χ1n) is 6.15. The third kappa shape index (κ3) is 2.53. The number of aryl methyl sites for hydroxylation is 1.